The van der Waals surface area contributed by atoms with Gasteiger partial charge >= 0.3 is 0 Å². The summed E-state index contributed by atoms with van der Waals surface area (Å²) in [6.45, 7) is 4.03. The third kappa shape index (κ3) is 4.42. The van der Waals surface area contributed by atoms with Gasteiger partial charge in [0.15, 0.2) is 5.16 Å². The Bertz CT molecular complexity index is 824. The number of halogens is 1. The van der Waals surface area contributed by atoms with E-state index in [1.165, 1.54) is 20.9 Å². The summed E-state index contributed by atoms with van der Waals surface area (Å²) in [6.07, 6.45) is 2.10. The van der Waals surface area contributed by atoms with Gasteiger partial charge in [-0.3, -0.25) is 0 Å². The Labute approximate surface area is 163 Å². The Morgan fingerprint density at radius 2 is 1.71 bits per heavy atom. The molecule has 2 aromatic heterocycles. The van der Waals surface area contributed by atoms with Crippen LogP contribution in [0.1, 0.15) is 17.0 Å². The average Bonchev–Trinajstić information content (AvgIpc) is 2.93. The number of nitrogens with zero attached hydrogens (tertiary/aromatic N) is 2. The molecular formula is C18H17BrN2S3. The van der Waals surface area contributed by atoms with Crippen LogP contribution in [0.2, 0.25) is 0 Å². The van der Waals surface area contributed by atoms with Gasteiger partial charge in [0.05, 0.1) is 3.79 Å². The Morgan fingerprint density at radius 1 is 1.04 bits per heavy atom. The maximum Gasteiger partial charge on any atom is 0.188 e. The number of benzene rings is 1. The van der Waals surface area contributed by atoms with Gasteiger partial charge in [0.1, 0.15) is 0 Å². The molecular weight excluding hydrogens is 420 g/mol. The minimum atomic E-state index is 0.846. The third-order valence-corrected chi connectivity index (χ3v) is 6.82. The lowest BCUT2D eigenvalue weighted by molar-refractivity contribution is 0.902. The zero-order valence-corrected chi connectivity index (χ0v) is 17.7. The van der Waals surface area contributed by atoms with Gasteiger partial charge in [-0.1, -0.05) is 23.9 Å². The van der Waals surface area contributed by atoms with Crippen LogP contribution in [0.3, 0.4) is 0 Å². The second-order valence-electron chi connectivity index (χ2n) is 5.36. The molecule has 124 valence electrons. The van der Waals surface area contributed by atoms with E-state index in [0.29, 0.717) is 0 Å². The lowest BCUT2D eigenvalue weighted by Crippen LogP contribution is -1.93. The van der Waals surface area contributed by atoms with Crippen LogP contribution >= 0.6 is 50.8 Å². The van der Waals surface area contributed by atoms with E-state index >= 15 is 0 Å². The minimum Gasteiger partial charge on any atom is -0.228 e. The normalized spacial score (nSPS) is 11.0. The van der Waals surface area contributed by atoms with Crippen LogP contribution in [-0.2, 0) is 5.75 Å². The van der Waals surface area contributed by atoms with Crippen LogP contribution in [0, 0.1) is 13.8 Å². The van der Waals surface area contributed by atoms with Gasteiger partial charge in [0.2, 0.25) is 0 Å². The molecule has 0 saturated heterocycles. The number of hydrogen-bond donors (Lipinski definition) is 0. The van der Waals surface area contributed by atoms with Crippen molar-refractivity contribution in [3.05, 3.63) is 57.1 Å². The Balaban J connectivity index is 1.83. The van der Waals surface area contributed by atoms with Crippen LogP contribution < -0.4 is 0 Å². The van der Waals surface area contributed by atoms with Crippen molar-refractivity contribution in [3.8, 4) is 10.4 Å². The molecule has 0 radical (unpaired) electrons. The number of rotatable bonds is 5. The van der Waals surface area contributed by atoms with Crippen molar-refractivity contribution in [2.45, 2.75) is 29.7 Å². The predicted molar refractivity (Wildman–Crippen MR) is 110 cm³/mol. The van der Waals surface area contributed by atoms with Crippen molar-refractivity contribution in [1.29, 1.82) is 0 Å². The second-order valence-corrected chi connectivity index (χ2v) is 9.61. The van der Waals surface area contributed by atoms with E-state index in [2.05, 4.69) is 62.5 Å². The molecule has 2 nitrogen and oxygen atoms in total. The van der Waals surface area contributed by atoms with Gasteiger partial charge in [0.25, 0.3) is 0 Å². The summed E-state index contributed by atoms with van der Waals surface area (Å²) in [5, 5.41) is 0.846. The molecule has 0 aliphatic rings. The number of thiophene rings is 1. The van der Waals surface area contributed by atoms with Crippen molar-refractivity contribution in [3.63, 3.8) is 0 Å². The van der Waals surface area contributed by atoms with Gasteiger partial charge in [-0.05, 0) is 71.4 Å². The molecule has 3 rings (SSSR count). The molecule has 0 unspecified atom stereocenters. The first-order valence-electron chi connectivity index (χ1n) is 7.43. The summed E-state index contributed by atoms with van der Waals surface area (Å²) in [5.74, 6) is 0.866. The van der Waals surface area contributed by atoms with E-state index in [0.717, 1.165) is 26.1 Å². The van der Waals surface area contributed by atoms with Gasteiger partial charge in [-0.2, -0.15) is 0 Å². The molecule has 0 aliphatic carbocycles. The molecule has 3 aromatic rings. The second kappa shape index (κ2) is 8.04. The monoisotopic (exact) mass is 436 g/mol. The first-order chi connectivity index (χ1) is 11.5. The highest BCUT2D eigenvalue weighted by Gasteiger charge is 2.12. The molecule has 0 atom stereocenters. The molecule has 24 heavy (non-hydrogen) atoms. The molecule has 1 aromatic carbocycles. The molecule has 0 N–H and O–H groups in total. The van der Waals surface area contributed by atoms with Gasteiger partial charge < -0.3 is 0 Å². The van der Waals surface area contributed by atoms with Crippen molar-refractivity contribution in [2.24, 2.45) is 0 Å². The smallest absolute Gasteiger partial charge is 0.188 e. The highest BCUT2D eigenvalue weighted by Crippen LogP contribution is 2.38. The van der Waals surface area contributed by atoms with Gasteiger partial charge in [-0.15, -0.1) is 23.1 Å². The summed E-state index contributed by atoms with van der Waals surface area (Å²) in [7, 11) is 0. The van der Waals surface area contributed by atoms with E-state index in [1.54, 1.807) is 34.9 Å². The molecule has 0 spiro atoms. The van der Waals surface area contributed by atoms with Crippen LogP contribution in [-0.4, -0.2) is 16.2 Å². The molecule has 0 amide bonds. The Kier molecular flexibility index (Phi) is 6.02. The van der Waals surface area contributed by atoms with Crippen molar-refractivity contribution in [2.75, 3.05) is 6.26 Å². The fourth-order valence-corrected chi connectivity index (χ4v) is 5.49. The topological polar surface area (TPSA) is 25.8 Å². The number of thioether (sulfide) groups is 2. The first-order valence-corrected chi connectivity index (χ1v) is 11.2. The van der Waals surface area contributed by atoms with Crippen LogP contribution in [0.25, 0.3) is 10.4 Å². The lowest BCUT2D eigenvalue weighted by Gasteiger charge is -2.06. The highest BCUT2D eigenvalue weighted by molar-refractivity contribution is 9.11. The first kappa shape index (κ1) is 18.0. The molecule has 0 saturated carbocycles. The fraction of sp³-hybridized carbons (Fsp3) is 0.222. The maximum absolute atomic E-state index is 4.52. The van der Waals surface area contributed by atoms with Gasteiger partial charge in [0, 0.05) is 26.9 Å². The third-order valence-electron chi connectivity index (χ3n) is 3.45. The summed E-state index contributed by atoms with van der Waals surface area (Å²) in [6, 6.07) is 13.0. The fourth-order valence-electron chi connectivity index (χ4n) is 2.39. The van der Waals surface area contributed by atoms with E-state index in [1.807, 2.05) is 19.9 Å². The SMILES string of the molecule is CSc1ccc(-c2sc(Br)cc2CSc2nc(C)cc(C)n2)cc1. The summed E-state index contributed by atoms with van der Waals surface area (Å²) < 4.78 is 1.16. The average molecular weight is 437 g/mol. The number of hydrogen-bond acceptors (Lipinski definition) is 5. The standard InChI is InChI=1S/C18H17BrN2S3/c1-11-8-12(2)21-18(20-11)23-10-14-9-16(19)24-17(14)13-4-6-15(22-3)7-5-13/h4-9H,10H2,1-3H3. The van der Waals surface area contributed by atoms with Crippen LogP contribution in [0.4, 0.5) is 0 Å². The molecule has 6 heteroatoms. The Hall–Kier alpha value is -0.820. The van der Waals surface area contributed by atoms with Crippen LogP contribution in [0.15, 0.2) is 50.2 Å². The molecule has 0 aliphatic heterocycles. The summed E-state index contributed by atoms with van der Waals surface area (Å²) in [4.78, 5) is 11.6. The van der Waals surface area contributed by atoms with E-state index in [-0.39, 0.29) is 0 Å². The van der Waals surface area contributed by atoms with Gasteiger partial charge in [-0.25, -0.2) is 9.97 Å². The van der Waals surface area contributed by atoms with E-state index in [4.69, 9.17) is 0 Å². The van der Waals surface area contributed by atoms with Crippen molar-refractivity contribution in [1.82, 2.24) is 9.97 Å². The van der Waals surface area contributed by atoms with E-state index < -0.39 is 0 Å². The maximum atomic E-state index is 4.52. The highest BCUT2D eigenvalue weighted by atomic mass is 79.9. The Morgan fingerprint density at radius 3 is 2.33 bits per heavy atom. The lowest BCUT2D eigenvalue weighted by atomic mass is 10.1. The predicted octanol–water partition coefficient (Wildman–Crippen LogP) is 6.60. The zero-order chi connectivity index (χ0) is 17.1. The van der Waals surface area contributed by atoms with E-state index in [9.17, 15) is 0 Å². The molecule has 0 fully saturated rings. The minimum absolute atomic E-state index is 0.846. The molecule has 0 bridgehead atoms. The molecule has 2 heterocycles. The van der Waals surface area contributed by atoms with Crippen molar-refractivity contribution < 1.29 is 0 Å². The number of aromatic nitrogens is 2. The number of aryl methyl sites for hydroxylation is 2. The summed E-state index contributed by atoms with van der Waals surface area (Å²) in [5.41, 5.74) is 4.62. The zero-order valence-electron chi connectivity index (χ0n) is 13.7. The summed E-state index contributed by atoms with van der Waals surface area (Å²) >= 11 is 8.87. The van der Waals surface area contributed by atoms with Crippen LogP contribution in [0.5, 0.6) is 0 Å². The largest absolute Gasteiger partial charge is 0.228 e. The quantitative estimate of drug-likeness (QED) is 0.332. The van der Waals surface area contributed by atoms with Crippen molar-refractivity contribution >= 4 is 50.8 Å².